The Balaban J connectivity index is 2.44. The number of hydrogen-bond donors (Lipinski definition) is 2. The van der Waals surface area contributed by atoms with E-state index in [4.69, 9.17) is 9.47 Å². The van der Waals surface area contributed by atoms with E-state index in [-0.39, 0.29) is 0 Å². The summed E-state index contributed by atoms with van der Waals surface area (Å²) in [6.45, 7) is 6.27. The molecule has 0 aromatic heterocycles. The van der Waals surface area contributed by atoms with Gasteiger partial charge in [0, 0.05) is 39.8 Å². The third kappa shape index (κ3) is 7.56. The first-order valence-electron chi connectivity index (χ1n) is 7.33. The first-order chi connectivity index (χ1) is 10.2. The topological polar surface area (TPSA) is 54.9 Å². The van der Waals surface area contributed by atoms with E-state index in [0.29, 0.717) is 19.2 Å². The molecule has 1 aromatic rings. The van der Waals surface area contributed by atoms with Crippen molar-refractivity contribution in [2.45, 2.75) is 32.9 Å². The molecule has 0 aliphatic rings. The molecule has 0 bridgehead atoms. The van der Waals surface area contributed by atoms with Crippen LogP contribution in [0.15, 0.2) is 29.3 Å². The van der Waals surface area contributed by atoms with Gasteiger partial charge in [-0.2, -0.15) is 0 Å². The van der Waals surface area contributed by atoms with Crippen LogP contribution in [-0.4, -0.2) is 39.4 Å². The van der Waals surface area contributed by atoms with Crippen LogP contribution >= 0.6 is 0 Å². The summed E-state index contributed by atoms with van der Waals surface area (Å²) in [4.78, 5) is 4.19. The molecule has 0 aliphatic heterocycles. The van der Waals surface area contributed by atoms with Crippen LogP contribution < -0.4 is 15.4 Å². The average Bonchev–Trinajstić information content (AvgIpc) is 2.48. The van der Waals surface area contributed by atoms with Gasteiger partial charge in [-0.1, -0.05) is 12.1 Å². The van der Waals surface area contributed by atoms with E-state index in [1.165, 1.54) is 0 Å². The molecule has 118 valence electrons. The number of benzene rings is 1. The number of methoxy groups -OCH3 is 1. The van der Waals surface area contributed by atoms with Crippen LogP contribution in [0.3, 0.4) is 0 Å². The summed E-state index contributed by atoms with van der Waals surface area (Å²) in [6.07, 6.45) is 0.893. The van der Waals surface area contributed by atoms with Gasteiger partial charge in [-0.15, -0.1) is 0 Å². The number of rotatable bonds is 8. The molecule has 0 fully saturated rings. The summed E-state index contributed by atoms with van der Waals surface area (Å²) in [5, 5.41) is 6.54. The maximum atomic E-state index is 5.69. The highest BCUT2D eigenvalue weighted by Gasteiger charge is 2.01. The Hall–Kier alpha value is -1.75. The number of nitrogens with zero attached hydrogens (tertiary/aromatic N) is 1. The van der Waals surface area contributed by atoms with Gasteiger partial charge in [0.2, 0.25) is 0 Å². The minimum absolute atomic E-state index is 0.353. The van der Waals surface area contributed by atoms with Crippen molar-refractivity contribution in [3.05, 3.63) is 29.8 Å². The molecule has 5 nitrogen and oxygen atoms in total. The zero-order valence-corrected chi connectivity index (χ0v) is 13.5. The molecule has 21 heavy (non-hydrogen) atoms. The fourth-order valence-electron chi connectivity index (χ4n) is 1.79. The van der Waals surface area contributed by atoms with Gasteiger partial charge in [0.15, 0.2) is 5.96 Å². The summed E-state index contributed by atoms with van der Waals surface area (Å²) in [7, 11) is 3.47. The maximum Gasteiger partial charge on any atom is 0.191 e. The Morgan fingerprint density at radius 1 is 1.29 bits per heavy atom. The van der Waals surface area contributed by atoms with Crippen LogP contribution in [0.2, 0.25) is 0 Å². The van der Waals surface area contributed by atoms with Crippen LogP contribution in [0, 0.1) is 0 Å². The monoisotopic (exact) mass is 293 g/mol. The standard InChI is InChI=1S/C16H27N3O2/c1-13(2)19-16(17-3)18-12-14-7-5-8-15(11-14)21-10-6-9-20-4/h5,7-8,11,13H,6,9-10,12H2,1-4H3,(H2,17,18,19). The molecule has 0 atom stereocenters. The van der Waals surface area contributed by atoms with E-state index >= 15 is 0 Å². The zero-order valence-electron chi connectivity index (χ0n) is 13.5. The fourth-order valence-corrected chi connectivity index (χ4v) is 1.79. The lowest BCUT2D eigenvalue weighted by Crippen LogP contribution is -2.40. The summed E-state index contributed by atoms with van der Waals surface area (Å²) in [5.41, 5.74) is 1.16. The van der Waals surface area contributed by atoms with Crippen molar-refractivity contribution in [1.29, 1.82) is 0 Å². The van der Waals surface area contributed by atoms with Gasteiger partial charge in [-0.3, -0.25) is 4.99 Å². The van der Waals surface area contributed by atoms with Crippen molar-refractivity contribution >= 4 is 5.96 Å². The predicted molar refractivity (Wildman–Crippen MR) is 86.9 cm³/mol. The second-order valence-corrected chi connectivity index (χ2v) is 5.07. The van der Waals surface area contributed by atoms with Crippen molar-refractivity contribution in [2.24, 2.45) is 4.99 Å². The van der Waals surface area contributed by atoms with E-state index < -0.39 is 0 Å². The lowest BCUT2D eigenvalue weighted by atomic mass is 10.2. The lowest BCUT2D eigenvalue weighted by Gasteiger charge is -2.15. The minimum atomic E-state index is 0.353. The molecule has 0 heterocycles. The zero-order chi connectivity index (χ0) is 15.5. The van der Waals surface area contributed by atoms with Gasteiger partial charge in [0.05, 0.1) is 6.61 Å². The molecule has 0 aliphatic carbocycles. The van der Waals surface area contributed by atoms with E-state index in [9.17, 15) is 0 Å². The SMILES string of the molecule is CN=C(NCc1cccc(OCCCOC)c1)NC(C)C. The van der Waals surface area contributed by atoms with Gasteiger partial charge in [-0.05, 0) is 31.5 Å². The van der Waals surface area contributed by atoms with Crippen molar-refractivity contribution in [3.8, 4) is 5.75 Å². The molecule has 0 saturated heterocycles. The third-order valence-corrected chi connectivity index (χ3v) is 2.77. The first-order valence-corrected chi connectivity index (χ1v) is 7.33. The van der Waals surface area contributed by atoms with Crippen LogP contribution in [0.1, 0.15) is 25.8 Å². The quantitative estimate of drug-likeness (QED) is 0.438. The molecule has 2 N–H and O–H groups in total. The number of hydrogen-bond acceptors (Lipinski definition) is 3. The van der Waals surface area contributed by atoms with Gasteiger partial charge in [0.25, 0.3) is 0 Å². The summed E-state index contributed by atoms with van der Waals surface area (Å²) in [5.74, 6) is 1.69. The average molecular weight is 293 g/mol. The number of aliphatic imine (C=N–C) groups is 1. The second-order valence-electron chi connectivity index (χ2n) is 5.07. The first kappa shape index (κ1) is 17.3. The third-order valence-electron chi connectivity index (χ3n) is 2.77. The van der Waals surface area contributed by atoms with Gasteiger partial charge >= 0.3 is 0 Å². The Morgan fingerprint density at radius 2 is 2.10 bits per heavy atom. The highest BCUT2D eigenvalue weighted by Crippen LogP contribution is 2.13. The molecule has 0 radical (unpaired) electrons. The minimum Gasteiger partial charge on any atom is -0.493 e. The molecule has 1 rings (SSSR count). The second kappa shape index (κ2) is 10.0. The maximum absolute atomic E-state index is 5.69. The van der Waals surface area contributed by atoms with Crippen molar-refractivity contribution in [2.75, 3.05) is 27.4 Å². The Bertz CT molecular complexity index is 433. The van der Waals surface area contributed by atoms with Crippen molar-refractivity contribution in [3.63, 3.8) is 0 Å². The van der Waals surface area contributed by atoms with Gasteiger partial charge in [0.1, 0.15) is 5.75 Å². The normalized spacial score (nSPS) is 11.6. The summed E-state index contributed by atoms with van der Waals surface area (Å²) >= 11 is 0. The van der Waals surface area contributed by atoms with E-state index in [2.05, 4.69) is 35.5 Å². The highest BCUT2D eigenvalue weighted by atomic mass is 16.5. The molecule has 0 amide bonds. The van der Waals surface area contributed by atoms with Crippen LogP contribution in [0.5, 0.6) is 5.75 Å². The fraction of sp³-hybridized carbons (Fsp3) is 0.562. The number of guanidine groups is 1. The van der Waals surface area contributed by atoms with E-state index in [0.717, 1.165) is 30.3 Å². The Morgan fingerprint density at radius 3 is 2.76 bits per heavy atom. The van der Waals surface area contributed by atoms with Crippen molar-refractivity contribution < 1.29 is 9.47 Å². The molecule has 0 unspecified atom stereocenters. The largest absolute Gasteiger partial charge is 0.493 e. The number of nitrogens with one attached hydrogen (secondary N) is 2. The molecular weight excluding hydrogens is 266 g/mol. The van der Waals surface area contributed by atoms with Gasteiger partial charge < -0.3 is 20.1 Å². The molecule has 0 spiro atoms. The van der Waals surface area contributed by atoms with Gasteiger partial charge in [-0.25, -0.2) is 0 Å². The van der Waals surface area contributed by atoms with Crippen molar-refractivity contribution in [1.82, 2.24) is 10.6 Å². The van der Waals surface area contributed by atoms with Crippen LogP contribution in [0.25, 0.3) is 0 Å². The molecule has 1 aromatic carbocycles. The van der Waals surface area contributed by atoms with E-state index in [1.54, 1.807) is 14.2 Å². The van der Waals surface area contributed by atoms with Crippen LogP contribution in [0.4, 0.5) is 0 Å². The smallest absolute Gasteiger partial charge is 0.191 e. The summed E-state index contributed by atoms with van der Waals surface area (Å²) < 4.78 is 10.7. The summed E-state index contributed by atoms with van der Waals surface area (Å²) in [6, 6.07) is 8.44. The van der Waals surface area contributed by atoms with Crippen LogP contribution in [-0.2, 0) is 11.3 Å². The number of ether oxygens (including phenoxy) is 2. The highest BCUT2D eigenvalue weighted by molar-refractivity contribution is 5.79. The van der Waals surface area contributed by atoms with E-state index in [1.807, 2.05) is 18.2 Å². The molecule has 5 heteroatoms. The molecule has 0 saturated carbocycles. The molecular formula is C16H27N3O2. The Labute approximate surface area is 127 Å². The Kier molecular flexibility index (Phi) is 8.28. The lowest BCUT2D eigenvalue weighted by molar-refractivity contribution is 0.172. The predicted octanol–water partition coefficient (Wildman–Crippen LogP) is 2.18.